The maximum absolute atomic E-state index is 13.1. The van der Waals surface area contributed by atoms with Crippen LogP contribution in [0.15, 0.2) is 54.7 Å². The molecule has 1 saturated heterocycles. The van der Waals surface area contributed by atoms with Crippen LogP contribution in [0.25, 0.3) is 10.9 Å². The topological polar surface area (TPSA) is 102 Å². The molecule has 7 nitrogen and oxygen atoms in total. The van der Waals surface area contributed by atoms with Crippen LogP contribution < -0.4 is 5.32 Å². The van der Waals surface area contributed by atoms with Crippen molar-refractivity contribution in [2.24, 2.45) is 0 Å². The zero-order valence-corrected chi connectivity index (χ0v) is 19.9. The van der Waals surface area contributed by atoms with Crippen LogP contribution in [0.5, 0.6) is 0 Å². The molecule has 7 heteroatoms. The fourth-order valence-electron chi connectivity index (χ4n) is 5.42. The summed E-state index contributed by atoms with van der Waals surface area (Å²) < 4.78 is 0. The number of nitrogens with one attached hydrogen (secondary N) is 1. The Morgan fingerprint density at radius 2 is 1.91 bits per heavy atom. The van der Waals surface area contributed by atoms with E-state index in [1.54, 1.807) is 6.20 Å². The van der Waals surface area contributed by atoms with E-state index in [4.69, 9.17) is 0 Å². The summed E-state index contributed by atoms with van der Waals surface area (Å²) in [7, 11) is 0. The third kappa shape index (κ3) is 4.90. The van der Waals surface area contributed by atoms with E-state index in [1.807, 2.05) is 48.5 Å². The minimum absolute atomic E-state index is 0.222. The molecular weight excluding hydrogens is 438 g/mol. The number of aliphatic hydroxyl groups excluding tert-OH is 1. The number of fused-ring (bicyclic) bond motifs is 1. The number of hydrogen-bond acceptors (Lipinski definition) is 6. The number of benzene rings is 1. The molecule has 1 aromatic carbocycles. The van der Waals surface area contributed by atoms with Crippen LogP contribution in [-0.2, 0) is 12.0 Å². The molecule has 2 N–H and O–H groups in total. The SMILES string of the molecule is N#CC1(c2ccccn2)CCN(Cc2cc(C(=O)N[C@H]3CCCC[C@@H]3O)nc3ccccc23)CC1. The van der Waals surface area contributed by atoms with Gasteiger partial charge in [-0.25, -0.2) is 4.98 Å². The van der Waals surface area contributed by atoms with E-state index in [-0.39, 0.29) is 11.9 Å². The van der Waals surface area contributed by atoms with E-state index in [2.05, 4.69) is 26.3 Å². The molecule has 0 radical (unpaired) electrons. The van der Waals surface area contributed by atoms with Crippen molar-refractivity contribution >= 4 is 16.8 Å². The van der Waals surface area contributed by atoms with Crippen molar-refractivity contribution in [3.63, 3.8) is 0 Å². The molecule has 1 amide bonds. The van der Waals surface area contributed by atoms with Crippen molar-refractivity contribution < 1.29 is 9.90 Å². The number of nitrogens with zero attached hydrogens (tertiary/aromatic N) is 4. The first-order chi connectivity index (χ1) is 17.1. The van der Waals surface area contributed by atoms with E-state index in [0.29, 0.717) is 12.2 Å². The highest BCUT2D eigenvalue weighted by atomic mass is 16.3. The van der Waals surface area contributed by atoms with Gasteiger partial charge in [0.15, 0.2) is 0 Å². The quantitative estimate of drug-likeness (QED) is 0.591. The predicted molar refractivity (Wildman–Crippen MR) is 134 cm³/mol. The largest absolute Gasteiger partial charge is 0.391 e. The average molecular weight is 470 g/mol. The Balaban J connectivity index is 1.35. The fourth-order valence-corrected chi connectivity index (χ4v) is 5.42. The van der Waals surface area contributed by atoms with Crippen molar-refractivity contribution in [3.8, 4) is 6.07 Å². The van der Waals surface area contributed by atoms with Gasteiger partial charge in [0.25, 0.3) is 5.91 Å². The summed E-state index contributed by atoms with van der Waals surface area (Å²) in [5, 5.41) is 24.3. The summed E-state index contributed by atoms with van der Waals surface area (Å²) >= 11 is 0. The molecular formula is C28H31N5O2. The number of amides is 1. The Morgan fingerprint density at radius 1 is 1.14 bits per heavy atom. The minimum Gasteiger partial charge on any atom is -0.391 e. The van der Waals surface area contributed by atoms with E-state index < -0.39 is 11.5 Å². The van der Waals surface area contributed by atoms with E-state index in [0.717, 1.165) is 73.8 Å². The Morgan fingerprint density at radius 3 is 2.66 bits per heavy atom. The van der Waals surface area contributed by atoms with E-state index in [9.17, 15) is 15.2 Å². The molecule has 1 aliphatic heterocycles. The highest BCUT2D eigenvalue weighted by Gasteiger charge is 2.37. The summed E-state index contributed by atoms with van der Waals surface area (Å²) in [6.45, 7) is 2.23. The Labute approximate surface area is 205 Å². The van der Waals surface area contributed by atoms with Crippen LogP contribution >= 0.6 is 0 Å². The molecule has 35 heavy (non-hydrogen) atoms. The third-order valence-electron chi connectivity index (χ3n) is 7.55. The lowest BCUT2D eigenvalue weighted by Gasteiger charge is -2.37. The van der Waals surface area contributed by atoms with Crippen molar-refractivity contribution in [1.82, 2.24) is 20.2 Å². The van der Waals surface area contributed by atoms with Crippen LogP contribution in [0, 0.1) is 11.3 Å². The van der Waals surface area contributed by atoms with Crippen molar-refractivity contribution in [2.75, 3.05) is 13.1 Å². The number of nitriles is 1. The summed E-state index contributed by atoms with van der Waals surface area (Å²) in [6, 6.07) is 17.9. The fraction of sp³-hybridized carbons (Fsp3) is 0.429. The lowest BCUT2D eigenvalue weighted by molar-refractivity contribution is 0.0714. The van der Waals surface area contributed by atoms with Crippen LogP contribution in [0.2, 0.25) is 0 Å². The molecule has 5 rings (SSSR count). The van der Waals surface area contributed by atoms with Gasteiger partial charge in [-0.3, -0.25) is 14.7 Å². The molecule has 2 atom stereocenters. The third-order valence-corrected chi connectivity index (χ3v) is 7.55. The zero-order chi connectivity index (χ0) is 24.3. The number of aliphatic hydroxyl groups is 1. The first-order valence-corrected chi connectivity index (χ1v) is 12.5. The van der Waals surface area contributed by atoms with Crippen LogP contribution in [0.3, 0.4) is 0 Å². The predicted octanol–water partition coefficient (Wildman–Crippen LogP) is 3.72. The van der Waals surface area contributed by atoms with Gasteiger partial charge in [0.2, 0.25) is 0 Å². The number of aromatic nitrogens is 2. The van der Waals surface area contributed by atoms with Crippen LogP contribution in [0.1, 0.15) is 60.3 Å². The van der Waals surface area contributed by atoms with Gasteiger partial charge in [-0.15, -0.1) is 0 Å². The highest BCUT2D eigenvalue weighted by molar-refractivity contribution is 5.96. The maximum atomic E-state index is 13.1. The van der Waals surface area contributed by atoms with Gasteiger partial charge in [0, 0.05) is 31.2 Å². The van der Waals surface area contributed by atoms with Gasteiger partial charge in [-0.05, 0) is 55.5 Å². The number of piperidine rings is 1. The lowest BCUT2D eigenvalue weighted by Crippen LogP contribution is -2.45. The minimum atomic E-state index is -0.552. The summed E-state index contributed by atoms with van der Waals surface area (Å²) in [6.07, 6.45) is 6.21. The van der Waals surface area contributed by atoms with Crippen molar-refractivity contribution in [3.05, 3.63) is 71.7 Å². The normalized spacial score (nSPS) is 22.4. The summed E-state index contributed by atoms with van der Waals surface area (Å²) in [5.41, 5.74) is 2.52. The molecule has 3 aromatic rings. The molecule has 2 aromatic heterocycles. The summed E-state index contributed by atoms with van der Waals surface area (Å²) in [4.78, 5) is 24.5. The Hall–Kier alpha value is -3.34. The van der Waals surface area contributed by atoms with Gasteiger partial charge in [-0.1, -0.05) is 37.1 Å². The molecule has 0 spiro atoms. The van der Waals surface area contributed by atoms with Gasteiger partial charge in [0.05, 0.1) is 29.4 Å². The Kier molecular flexibility index (Phi) is 6.76. The van der Waals surface area contributed by atoms with E-state index >= 15 is 0 Å². The second-order valence-corrected chi connectivity index (χ2v) is 9.80. The van der Waals surface area contributed by atoms with Gasteiger partial charge >= 0.3 is 0 Å². The Bertz CT molecular complexity index is 1230. The molecule has 3 heterocycles. The number of carbonyl (C=O) groups excluding carboxylic acids is 1. The van der Waals surface area contributed by atoms with Crippen molar-refractivity contribution in [1.29, 1.82) is 5.26 Å². The second kappa shape index (κ2) is 10.1. The van der Waals surface area contributed by atoms with Gasteiger partial charge < -0.3 is 10.4 Å². The summed E-state index contributed by atoms with van der Waals surface area (Å²) in [5.74, 6) is -0.236. The smallest absolute Gasteiger partial charge is 0.270 e. The number of pyridine rings is 2. The second-order valence-electron chi connectivity index (χ2n) is 9.80. The maximum Gasteiger partial charge on any atom is 0.270 e. The number of likely N-dealkylation sites (tertiary alicyclic amines) is 1. The molecule has 0 bridgehead atoms. The number of carbonyl (C=O) groups is 1. The van der Waals surface area contributed by atoms with Gasteiger partial charge in [-0.2, -0.15) is 5.26 Å². The molecule has 0 unspecified atom stereocenters. The van der Waals surface area contributed by atoms with E-state index in [1.165, 1.54) is 0 Å². The number of hydrogen-bond donors (Lipinski definition) is 2. The molecule has 180 valence electrons. The molecule has 2 fully saturated rings. The number of rotatable bonds is 5. The standard InChI is InChI=1S/C28H31N5O2/c29-19-28(26-11-5-6-14-30-26)12-15-33(16-13-28)18-20-17-24(31-22-8-2-1-7-21(20)22)27(35)32-23-9-3-4-10-25(23)34/h1-2,5-8,11,14,17,23,25,34H,3-4,9-10,12-13,15-16,18H2,(H,32,35)/t23-,25-/m0/s1. The molecule has 1 saturated carbocycles. The lowest BCUT2D eigenvalue weighted by atomic mass is 9.76. The number of para-hydroxylation sites is 1. The first-order valence-electron chi connectivity index (χ1n) is 12.5. The highest BCUT2D eigenvalue weighted by Crippen LogP contribution is 2.34. The van der Waals surface area contributed by atoms with Crippen LogP contribution in [-0.4, -0.2) is 51.1 Å². The van der Waals surface area contributed by atoms with Crippen molar-refractivity contribution in [2.45, 2.75) is 62.6 Å². The monoisotopic (exact) mass is 469 g/mol. The average Bonchev–Trinajstić information content (AvgIpc) is 2.91. The molecule has 1 aliphatic carbocycles. The zero-order valence-electron chi connectivity index (χ0n) is 19.9. The first kappa shape index (κ1) is 23.4. The van der Waals surface area contributed by atoms with Crippen LogP contribution in [0.4, 0.5) is 0 Å². The molecule has 2 aliphatic rings. The van der Waals surface area contributed by atoms with Gasteiger partial charge in [0.1, 0.15) is 11.1 Å².